The highest BCUT2D eigenvalue weighted by molar-refractivity contribution is 7.85. The number of hydrogen-bond donors (Lipinski definition) is 2. The predicted octanol–water partition coefficient (Wildman–Crippen LogP) is 6.91. The van der Waals surface area contributed by atoms with E-state index in [9.17, 15) is 9.32 Å². The van der Waals surface area contributed by atoms with E-state index in [0.717, 1.165) is 36.3 Å². The molecule has 2 N–H and O–H groups in total. The number of aliphatic hydroxyl groups excluding tert-OH is 1. The summed E-state index contributed by atoms with van der Waals surface area (Å²) in [6.07, 6.45) is 3.00. The third-order valence-corrected chi connectivity index (χ3v) is 8.62. The monoisotopic (exact) mass is 525 g/mol. The highest BCUT2D eigenvalue weighted by atomic mass is 32.2. The Labute approximate surface area is 230 Å². The van der Waals surface area contributed by atoms with Gasteiger partial charge >= 0.3 is 0 Å². The van der Waals surface area contributed by atoms with Crippen LogP contribution in [0.3, 0.4) is 0 Å². The van der Waals surface area contributed by atoms with E-state index in [2.05, 4.69) is 97.2 Å². The smallest absolute Gasteiger partial charge is 0.0947 e. The van der Waals surface area contributed by atoms with Crippen molar-refractivity contribution >= 4 is 10.8 Å². The zero-order chi connectivity index (χ0) is 26.8. The van der Waals surface area contributed by atoms with E-state index >= 15 is 0 Å². The lowest BCUT2D eigenvalue weighted by molar-refractivity contribution is 0.183. The van der Waals surface area contributed by atoms with Crippen molar-refractivity contribution in [2.24, 2.45) is 0 Å². The fourth-order valence-electron chi connectivity index (χ4n) is 4.99. The zero-order valence-corrected chi connectivity index (χ0v) is 23.3. The molecule has 4 aromatic carbocycles. The van der Waals surface area contributed by atoms with Crippen molar-refractivity contribution in [2.45, 2.75) is 56.1 Å². The Morgan fingerprint density at radius 3 is 1.74 bits per heavy atom. The minimum atomic E-state index is -1.17. The molecule has 0 aliphatic rings. The van der Waals surface area contributed by atoms with Gasteiger partial charge in [0.05, 0.1) is 28.2 Å². The van der Waals surface area contributed by atoms with Gasteiger partial charge in [0.1, 0.15) is 0 Å². The lowest BCUT2D eigenvalue weighted by atomic mass is 9.76. The van der Waals surface area contributed by atoms with Crippen molar-refractivity contribution in [3.05, 3.63) is 137 Å². The fraction of sp³-hybridized carbons (Fsp3) is 0.294. The molecule has 198 valence electrons. The summed E-state index contributed by atoms with van der Waals surface area (Å²) >= 11 is 0. The van der Waals surface area contributed by atoms with Crippen molar-refractivity contribution < 1.29 is 9.32 Å². The number of benzene rings is 4. The Bertz CT molecular complexity index is 1230. The Morgan fingerprint density at radius 2 is 1.18 bits per heavy atom. The quantitative estimate of drug-likeness (QED) is 0.147. The van der Waals surface area contributed by atoms with Crippen LogP contribution < -0.4 is 5.32 Å². The zero-order valence-electron chi connectivity index (χ0n) is 22.5. The van der Waals surface area contributed by atoms with Crippen LogP contribution in [0.5, 0.6) is 0 Å². The first kappa shape index (κ1) is 28.0. The second-order valence-electron chi connectivity index (χ2n) is 10.1. The van der Waals surface area contributed by atoms with Gasteiger partial charge in [-0.2, -0.15) is 0 Å². The Hall–Kier alpha value is -3.05. The predicted molar refractivity (Wildman–Crippen MR) is 159 cm³/mol. The number of nitrogens with one attached hydrogen (secondary N) is 1. The molecule has 0 fully saturated rings. The first-order valence-electron chi connectivity index (χ1n) is 13.6. The second kappa shape index (κ2) is 13.7. The lowest BCUT2D eigenvalue weighted by Gasteiger charge is -2.37. The Kier molecular flexibility index (Phi) is 10.1. The van der Waals surface area contributed by atoms with Crippen LogP contribution in [-0.4, -0.2) is 27.7 Å². The summed E-state index contributed by atoms with van der Waals surface area (Å²) in [5.41, 5.74) is 5.57. The highest BCUT2D eigenvalue weighted by Gasteiger charge is 2.35. The number of aryl methyl sites for hydroxylation is 2. The van der Waals surface area contributed by atoms with Crippen LogP contribution in [-0.2, 0) is 16.3 Å². The van der Waals surface area contributed by atoms with Gasteiger partial charge in [-0.25, -0.2) is 0 Å². The summed E-state index contributed by atoms with van der Waals surface area (Å²) in [5, 5.41) is 14.4. The summed E-state index contributed by atoms with van der Waals surface area (Å²) in [5.74, 6) is 0.292. The van der Waals surface area contributed by atoms with Crippen LogP contribution in [0.1, 0.15) is 53.5 Å². The minimum Gasteiger partial charge on any atom is -0.392 e. The van der Waals surface area contributed by atoms with E-state index in [0.29, 0.717) is 12.2 Å². The average Bonchev–Trinajstić information content (AvgIpc) is 2.95. The lowest BCUT2D eigenvalue weighted by Crippen LogP contribution is -2.45. The third-order valence-electron chi connectivity index (χ3n) is 7.13. The maximum absolute atomic E-state index is 12.6. The summed E-state index contributed by atoms with van der Waals surface area (Å²) in [6, 6.07) is 37.9. The van der Waals surface area contributed by atoms with Crippen LogP contribution in [0.2, 0.25) is 0 Å². The number of unbranched alkanes of at least 4 members (excludes halogenated alkanes) is 2. The van der Waals surface area contributed by atoms with Gasteiger partial charge in [-0.15, -0.1) is 0 Å². The van der Waals surface area contributed by atoms with Gasteiger partial charge in [-0.1, -0.05) is 121 Å². The molecule has 2 unspecified atom stereocenters. The van der Waals surface area contributed by atoms with Crippen molar-refractivity contribution in [3.8, 4) is 0 Å². The molecule has 0 aliphatic heterocycles. The Morgan fingerprint density at radius 1 is 0.684 bits per heavy atom. The normalized spacial score (nSPS) is 13.2. The molecule has 0 bridgehead atoms. The van der Waals surface area contributed by atoms with Gasteiger partial charge in [0.2, 0.25) is 0 Å². The molecule has 4 heteroatoms. The molecule has 4 aromatic rings. The molecular weight excluding hydrogens is 486 g/mol. The van der Waals surface area contributed by atoms with Crippen LogP contribution in [0.15, 0.2) is 114 Å². The maximum atomic E-state index is 12.6. The van der Waals surface area contributed by atoms with Crippen molar-refractivity contribution in [3.63, 3.8) is 0 Å². The van der Waals surface area contributed by atoms with Crippen molar-refractivity contribution in [1.82, 2.24) is 5.32 Å². The van der Waals surface area contributed by atoms with Crippen molar-refractivity contribution in [1.29, 1.82) is 0 Å². The molecule has 0 saturated carbocycles. The van der Waals surface area contributed by atoms with Gasteiger partial charge in [0.15, 0.2) is 0 Å². The van der Waals surface area contributed by atoms with E-state index in [1.165, 1.54) is 22.3 Å². The van der Waals surface area contributed by atoms with Gasteiger partial charge in [0, 0.05) is 4.90 Å². The standard InChI is InChI=1S/C34H39NO2S/c1-27-17-21-31(22-18-27)34(29-12-6-3-7-13-29,30-14-8-4-9-15-30)35-25-11-5-10-16-32(36)26-38(37)33-23-19-28(2)20-24-33/h3-4,6-9,12-15,17-24,32,35-36H,5,10-11,16,25-26H2,1-2H3. The van der Waals surface area contributed by atoms with E-state index < -0.39 is 22.4 Å². The molecule has 4 rings (SSSR count). The molecule has 0 aromatic heterocycles. The molecule has 38 heavy (non-hydrogen) atoms. The molecule has 0 saturated heterocycles. The van der Waals surface area contributed by atoms with Gasteiger partial charge in [-0.05, 0) is 62.1 Å². The van der Waals surface area contributed by atoms with Crippen LogP contribution in [0.4, 0.5) is 0 Å². The first-order chi connectivity index (χ1) is 18.5. The fourth-order valence-corrected chi connectivity index (χ4v) is 6.14. The number of hydrogen-bond acceptors (Lipinski definition) is 3. The van der Waals surface area contributed by atoms with Crippen LogP contribution >= 0.6 is 0 Å². The number of aliphatic hydroxyl groups is 1. The highest BCUT2D eigenvalue weighted by Crippen LogP contribution is 2.37. The van der Waals surface area contributed by atoms with Gasteiger partial charge < -0.3 is 5.11 Å². The largest absolute Gasteiger partial charge is 0.392 e. The molecule has 3 nitrogen and oxygen atoms in total. The van der Waals surface area contributed by atoms with E-state index in [1.807, 2.05) is 31.2 Å². The third kappa shape index (κ3) is 7.08. The molecular formula is C34H39NO2S. The van der Waals surface area contributed by atoms with Crippen LogP contribution in [0.25, 0.3) is 0 Å². The average molecular weight is 526 g/mol. The molecule has 0 radical (unpaired) electrons. The Balaban J connectivity index is 1.39. The maximum Gasteiger partial charge on any atom is 0.0947 e. The molecule has 2 atom stereocenters. The SMILES string of the molecule is Cc1ccc(S(=O)CC(O)CCCCCNC(c2ccccc2)(c2ccccc2)c2ccc(C)cc2)cc1. The molecule has 0 spiro atoms. The number of rotatable bonds is 13. The van der Waals surface area contributed by atoms with Crippen LogP contribution in [0, 0.1) is 13.8 Å². The summed E-state index contributed by atoms with van der Waals surface area (Å²) < 4.78 is 12.6. The molecule has 0 amide bonds. The molecule has 0 aliphatic carbocycles. The van der Waals surface area contributed by atoms with Gasteiger partial charge in [0.25, 0.3) is 0 Å². The second-order valence-corrected chi connectivity index (χ2v) is 11.6. The summed E-state index contributed by atoms with van der Waals surface area (Å²) in [4.78, 5) is 0.785. The minimum absolute atomic E-state index is 0.292. The van der Waals surface area contributed by atoms with E-state index in [1.54, 1.807) is 0 Å². The first-order valence-corrected chi connectivity index (χ1v) is 14.9. The molecule has 0 heterocycles. The summed E-state index contributed by atoms with van der Waals surface area (Å²) in [6.45, 7) is 4.97. The van der Waals surface area contributed by atoms with E-state index in [4.69, 9.17) is 0 Å². The topological polar surface area (TPSA) is 49.3 Å². The summed E-state index contributed by atoms with van der Waals surface area (Å²) in [7, 11) is -1.17. The van der Waals surface area contributed by atoms with Gasteiger partial charge in [-0.3, -0.25) is 9.53 Å². The van der Waals surface area contributed by atoms with E-state index in [-0.39, 0.29) is 0 Å². The van der Waals surface area contributed by atoms with Crippen molar-refractivity contribution in [2.75, 3.05) is 12.3 Å².